The van der Waals surface area contributed by atoms with Crippen LogP contribution in [0.15, 0.2) is 4.79 Å². The summed E-state index contributed by atoms with van der Waals surface area (Å²) in [7, 11) is 0. The van der Waals surface area contributed by atoms with Gasteiger partial charge in [-0.1, -0.05) is 38.0 Å². The second kappa shape index (κ2) is 11.2. The van der Waals surface area contributed by atoms with Gasteiger partial charge in [0, 0.05) is 6.04 Å². The molecule has 0 amide bonds. The Kier molecular flexibility index (Phi) is 8.59. The molecule has 1 saturated carbocycles. The Labute approximate surface area is 194 Å². The van der Waals surface area contributed by atoms with E-state index < -0.39 is 30.8 Å². The maximum atomic E-state index is 12.7. The minimum Gasteiger partial charge on any atom is -0.462 e. The number of aliphatic hydroxyl groups excluding tert-OH is 2. The van der Waals surface area contributed by atoms with E-state index in [9.17, 15) is 19.8 Å². The normalized spacial score (nSPS) is 17.4. The van der Waals surface area contributed by atoms with Gasteiger partial charge in [0.1, 0.15) is 36.3 Å². The number of nitrogens with two attached hydrogens (primary N) is 2. The highest BCUT2D eigenvalue weighted by atomic mass is 32.1. The summed E-state index contributed by atoms with van der Waals surface area (Å²) in [4.78, 5) is 32.8. The molecule has 3 rings (SSSR count). The molecule has 7 N–H and O–H groups in total. The molecule has 0 unspecified atom stereocenters. The number of nitrogens with one attached hydrogen (secondary N) is 1. The van der Waals surface area contributed by atoms with Crippen LogP contribution in [0, 0.1) is 5.92 Å². The Balaban J connectivity index is 1.76. The van der Waals surface area contributed by atoms with Crippen molar-refractivity contribution in [3.8, 4) is 0 Å². The number of carbonyl (C=O) groups excluding carboxylic acids is 1. The van der Waals surface area contributed by atoms with Crippen LogP contribution in [-0.2, 0) is 21.0 Å². The van der Waals surface area contributed by atoms with Gasteiger partial charge in [-0.15, -0.1) is 0 Å². The number of carbonyl (C=O) groups is 1. The highest BCUT2D eigenvalue weighted by Gasteiger charge is 2.26. The van der Waals surface area contributed by atoms with Crippen LogP contribution >= 0.6 is 11.3 Å². The average Bonchev–Trinajstić information content (AvgIpc) is 3.40. The van der Waals surface area contributed by atoms with Crippen LogP contribution in [0.3, 0.4) is 0 Å². The molecule has 33 heavy (non-hydrogen) atoms. The summed E-state index contributed by atoms with van der Waals surface area (Å²) in [5.74, 6) is -0.260. The Morgan fingerprint density at radius 3 is 2.67 bits per heavy atom. The lowest BCUT2D eigenvalue weighted by atomic mass is 10.1. The first-order valence-electron chi connectivity index (χ1n) is 11.0. The largest absolute Gasteiger partial charge is 0.462 e. The van der Waals surface area contributed by atoms with E-state index in [0.717, 1.165) is 37.0 Å². The Morgan fingerprint density at radius 2 is 2.03 bits per heavy atom. The van der Waals surface area contributed by atoms with Gasteiger partial charge in [0.25, 0.3) is 0 Å². The molecule has 2 aromatic heterocycles. The molecule has 184 valence electrons. The quantitative estimate of drug-likeness (QED) is 0.270. The van der Waals surface area contributed by atoms with Crippen LogP contribution in [0.25, 0.3) is 10.3 Å². The zero-order valence-electron chi connectivity index (χ0n) is 18.8. The van der Waals surface area contributed by atoms with E-state index in [0.29, 0.717) is 16.2 Å². The molecule has 0 spiro atoms. The number of ether oxygens (including phenoxy) is 2. The summed E-state index contributed by atoms with van der Waals surface area (Å²) in [6, 6.07) is -0.564. The van der Waals surface area contributed by atoms with Gasteiger partial charge >= 0.3 is 10.8 Å². The molecule has 3 atom stereocenters. The second-order valence-electron chi connectivity index (χ2n) is 8.49. The molecule has 0 aliphatic heterocycles. The molecule has 0 radical (unpaired) electrons. The van der Waals surface area contributed by atoms with Gasteiger partial charge in [-0.3, -0.25) is 14.2 Å². The standard InChI is InChI=1S/C20H32N6O6S/c1-10(2)14(21)18(29)31-8-13(12(28)7-27)32-9-26-17-15(33-20(26)30)16(24-19(22)25-17)23-11-5-3-4-6-11/h10-14,27-28H,3-9,21H2,1-2H3,(H3,22,23,24,25)/t12-,13+,14-/m0/s1. The number of hydrogen-bond acceptors (Lipinski definition) is 12. The topological polar surface area (TPSA) is 188 Å². The summed E-state index contributed by atoms with van der Waals surface area (Å²) in [6.07, 6.45) is 1.87. The van der Waals surface area contributed by atoms with E-state index in [-0.39, 0.29) is 36.1 Å². The highest BCUT2D eigenvalue weighted by molar-refractivity contribution is 7.17. The molecule has 2 aromatic rings. The summed E-state index contributed by atoms with van der Waals surface area (Å²) in [6.45, 7) is 2.29. The van der Waals surface area contributed by atoms with Crippen LogP contribution in [0.1, 0.15) is 39.5 Å². The Morgan fingerprint density at radius 1 is 1.33 bits per heavy atom. The highest BCUT2D eigenvalue weighted by Crippen LogP contribution is 2.28. The van der Waals surface area contributed by atoms with Crippen molar-refractivity contribution in [2.24, 2.45) is 11.7 Å². The van der Waals surface area contributed by atoms with Crippen molar-refractivity contribution in [3.05, 3.63) is 9.67 Å². The van der Waals surface area contributed by atoms with Gasteiger partial charge in [0.15, 0.2) is 11.5 Å². The molecule has 2 heterocycles. The van der Waals surface area contributed by atoms with Gasteiger partial charge in [-0.2, -0.15) is 9.97 Å². The summed E-state index contributed by atoms with van der Waals surface area (Å²) in [5, 5.41) is 22.8. The number of thiazole rings is 1. The first kappa shape index (κ1) is 25.3. The smallest absolute Gasteiger partial charge is 0.323 e. The maximum absolute atomic E-state index is 12.7. The third-order valence-electron chi connectivity index (χ3n) is 5.64. The maximum Gasteiger partial charge on any atom is 0.323 e. The van der Waals surface area contributed by atoms with E-state index in [1.807, 2.05) is 0 Å². The van der Waals surface area contributed by atoms with Gasteiger partial charge < -0.3 is 36.5 Å². The zero-order valence-corrected chi connectivity index (χ0v) is 19.6. The molecule has 0 aromatic carbocycles. The number of hydrogen-bond donors (Lipinski definition) is 5. The molecular weight excluding hydrogens is 452 g/mol. The third kappa shape index (κ3) is 6.18. The molecule has 12 nitrogen and oxygen atoms in total. The number of rotatable bonds is 11. The third-order valence-corrected chi connectivity index (χ3v) is 6.62. The van der Waals surface area contributed by atoms with Crippen LogP contribution in [-0.4, -0.2) is 68.2 Å². The van der Waals surface area contributed by atoms with Gasteiger partial charge in [-0.05, 0) is 18.8 Å². The van der Waals surface area contributed by atoms with Crippen molar-refractivity contribution in [3.63, 3.8) is 0 Å². The summed E-state index contributed by atoms with van der Waals surface area (Å²) >= 11 is 0.959. The molecule has 1 fully saturated rings. The fraction of sp³-hybridized carbons (Fsp3) is 0.700. The predicted molar refractivity (Wildman–Crippen MR) is 124 cm³/mol. The molecule has 1 aliphatic carbocycles. The van der Waals surface area contributed by atoms with Gasteiger partial charge in [0.05, 0.1) is 6.61 Å². The van der Waals surface area contributed by atoms with E-state index >= 15 is 0 Å². The number of aromatic nitrogens is 3. The van der Waals surface area contributed by atoms with Crippen molar-refractivity contribution < 1.29 is 24.5 Å². The van der Waals surface area contributed by atoms with Crippen molar-refractivity contribution in [2.45, 2.75) is 70.6 Å². The molecule has 0 bridgehead atoms. The van der Waals surface area contributed by atoms with Crippen LogP contribution in [0.2, 0.25) is 0 Å². The lowest BCUT2D eigenvalue weighted by molar-refractivity contribution is -0.158. The monoisotopic (exact) mass is 484 g/mol. The predicted octanol–water partition coefficient (Wildman–Crippen LogP) is 0.0121. The SMILES string of the molecule is CC(C)[C@H](N)C(=O)OC[C@@H](OCn1c(=O)sc2c(NC3CCCC3)nc(N)nc21)[C@@H](O)CO. The molecule has 0 saturated heterocycles. The van der Waals surface area contributed by atoms with Crippen LogP contribution in [0.5, 0.6) is 0 Å². The number of fused-ring (bicyclic) bond motifs is 1. The summed E-state index contributed by atoms with van der Waals surface area (Å²) in [5.41, 5.74) is 12.0. The number of anilines is 2. The van der Waals surface area contributed by atoms with Crippen molar-refractivity contribution in [1.29, 1.82) is 0 Å². The van der Waals surface area contributed by atoms with Crippen LogP contribution < -0.4 is 21.7 Å². The van der Waals surface area contributed by atoms with Crippen LogP contribution in [0.4, 0.5) is 11.8 Å². The average molecular weight is 485 g/mol. The zero-order chi connectivity index (χ0) is 24.1. The first-order chi connectivity index (χ1) is 15.7. The number of nitrogen functional groups attached to an aromatic ring is 1. The van der Waals surface area contributed by atoms with E-state index in [1.54, 1.807) is 13.8 Å². The number of nitrogens with zero attached hydrogens (tertiary/aromatic N) is 3. The fourth-order valence-corrected chi connectivity index (χ4v) is 4.40. The lowest BCUT2D eigenvalue weighted by Crippen LogP contribution is -2.42. The Bertz CT molecular complexity index is 1000. The van der Waals surface area contributed by atoms with Crippen molar-refractivity contribution >= 4 is 39.4 Å². The number of esters is 1. The van der Waals surface area contributed by atoms with E-state index in [2.05, 4.69) is 15.3 Å². The van der Waals surface area contributed by atoms with E-state index in [1.165, 1.54) is 4.57 Å². The number of aliphatic hydroxyl groups is 2. The minimum atomic E-state index is -1.34. The molecule has 1 aliphatic rings. The summed E-state index contributed by atoms with van der Waals surface area (Å²) < 4.78 is 12.6. The second-order valence-corrected chi connectivity index (χ2v) is 9.45. The minimum absolute atomic E-state index is 0.0121. The lowest BCUT2D eigenvalue weighted by Gasteiger charge is -2.23. The van der Waals surface area contributed by atoms with Gasteiger partial charge in [0.2, 0.25) is 5.95 Å². The molecule has 13 heteroatoms. The first-order valence-corrected chi connectivity index (χ1v) is 11.8. The van der Waals surface area contributed by atoms with Crippen molar-refractivity contribution in [1.82, 2.24) is 14.5 Å². The fourth-order valence-electron chi connectivity index (χ4n) is 3.53. The molecular formula is C20H32N6O6S. The van der Waals surface area contributed by atoms with Crippen molar-refractivity contribution in [2.75, 3.05) is 24.3 Å². The van der Waals surface area contributed by atoms with E-state index in [4.69, 9.17) is 20.9 Å². The van der Waals surface area contributed by atoms with Gasteiger partial charge in [-0.25, -0.2) is 0 Å². The Hall–Kier alpha value is -2.32.